The summed E-state index contributed by atoms with van der Waals surface area (Å²) in [4.78, 5) is 1.47. The minimum atomic E-state index is -0.194. The van der Waals surface area contributed by atoms with E-state index in [0.29, 0.717) is 4.88 Å². The number of ether oxygens (including phenoxy) is 2. The number of aromatic nitrogens is 1. The highest BCUT2D eigenvalue weighted by molar-refractivity contribution is 7.16. The Bertz CT molecular complexity index is 1470. The largest absolute Gasteiger partial charge is 0.497 e. The van der Waals surface area contributed by atoms with Gasteiger partial charge in [-0.1, -0.05) is 0 Å². The van der Waals surface area contributed by atoms with Crippen LogP contribution in [0.1, 0.15) is 4.88 Å². The molecule has 0 fully saturated rings. The SMILES string of the molecule is COc1ccc(-c2ccc(-c3ccc(C(C#N)=C(C#N)C#N)s3)n2-c2ccc(OC)cc2)cc1. The van der Waals surface area contributed by atoms with Gasteiger partial charge >= 0.3 is 0 Å². The highest BCUT2D eigenvalue weighted by Gasteiger charge is 2.18. The first-order chi connectivity index (χ1) is 16.6. The lowest BCUT2D eigenvalue weighted by Crippen LogP contribution is -1.99. The van der Waals surface area contributed by atoms with Crippen molar-refractivity contribution in [1.82, 2.24) is 4.57 Å². The van der Waals surface area contributed by atoms with Crippen LogP contribution < -0.4 is 9.47 Å². The molecule has 164 valence electrons. The van der Waals surface area contributed by atoms with Crippen molar-refractivity contribution in [3.05, 3.63) is 83.2 Å². The summed E-state index contributed by atoms with van der Waals surface area (Å²) in [5, 5.41) is 28.0. The Morgan fingerprint density at radius 1 is 0.706 bits per heavy atom. The predicted molar refractivity (Wildman–Crippen MR) is 131 cm³/mol. The van der Waals surface area contributed by atoms with Gasteiger partial charge in [0.2, 0.25) is 0 Å². The standard InChI is InChI=1S/C27H18N4O2S/c1-32-21-7-3-18(4-8-21)24-11-12-25(31(24)20-5-9-22(33-2)10-6-20)27-14-13-26(34-27)23(17-30)19(15-28)16-29/h3-14H,1-2H3. The minimum absolute atomic E-state index is 0.0826. The van der Waals surface area contributed by atoms with E-state index in [1.165, 1.54) is 11.3 Å². The second-order valence-electron chi connectivity index (χ2n) is 7.12. The molecule has 7 heteroatoms. The monoisotopic (exact) mass is 462 g/mol. The van der Waals surface area contributed by atoms with Gasteiger partial charge in [-0.2, -0.15) is 15.8 Å². The zero-order chi connectivity index (χ0) is 24.1. The molecule has 0 saturated carbocycles. The van der Waals surface area contributed by atoms with E-state index >= 15 is 0 Å². The van der Waals surface area contributed by atoms with Crippen LogP contribution in [0.4, 0.5) is 0 Å². The second-order valence-corrected chi connectivity index (χ2v) is 8.20. The number of hydrogen-bond donors (Lipinski definition) is 0. The molecule has 0 spiro atoms. The molecule has 2 aromatic heterocycles. The maximum absolute atomic E-state index is 9.54. The number of thiophene rings is 1. The molecule has 0 radical (unpaired) electrons. The fourth-order valence-electron chi connectivity index (χ4n) is 3.61. The molecular weight excluding hydrogens is 444 g/mol. The maximum atomic E-state index is 9.54. The van der Waals surface area contributed by atoms with E-state index in [9.17, 15) is 15.8 Å². The van der Waals surface area contributed by atoms with Crippen molar-refractivity contribution < 1.29 is 9.47 Å². The summed E-state index contributed by atoms with van der Waals surface area (Å²) in [6.45, 7) is 0. The number of benzene rings is 2. The van der Waals surface area contributed by atoms with Crippen LogP contribution in [0.25, 0.3) is 33.1 Å². The van der Waals surface area contributed by atoms with Crippen LogP contribution in [0.15, 0.2) is 78.4 Å². The average Bonchev–Trinajstić information content (AvgIpc) is 3.55. The van der Waals surface area contributed by atoms with Crippen LogP contribution in [0.2, 0.25) is 0 Å². The van der Waals surface area contributed by atoms with E-state index in [1.54, 1.807) is 20.3 Å². The number of methoxy groups -OCH3 is 2. The Morgan fingerprint density at radius 3 is 1.85 bits per heavy atom. The minimum Gasteiger partial charge on any atom is -0.497 e. The molecule has 0 saturated heterocycles. The summed E-state index contributed by atoms with van der Waals surface area (Å²) in [6.07, 6.45) is 0. The average molecular weight is 463 g/mol. The molecule has 0 aliphatic carbocycles. The smallest absolute Gasteiger partial charge is 0.148 e. The van der Waals surface area contributed by atoms with E-state index in [0.717, 1.165) is 39.0 Å². The van der Waals surface area contributed by atoms with Crippen LogP contribution in [0, 0.1) is 34.0 Å². The van der Waals surface area contributed by atoms with Crippen molar-refractivity contribution in [2.24, 2.45) is 0 Å². The third-order valence-electron chi connectivity index (χ3n) is 5.29. The van der Waals surface area contributed by atoms with E-state index < -0.39 is 0 Å². The molecule has 34 heavy (non-hydrogen) atoms. The lowest BCUT2D eigenvalue weighted by Gasteiger charge is -2.14. The third kappa shape index (κ3) is 4.14. The van der Waals surface area contributed by atoms with Gasteiger partial charge in [0.15, 0.2) is 0 Å². The van der Waals surface area contributed by atoms with Crippen molar-refractivity contribution in [3.8, 4) is 57.2 Å². The van der Waals surface area contributed by atoms with Crippen molar-refractivity contribution in [3.63, 3.8) is 0 Å². The van der Waals surface area contributed by atoms with Crippen molar-refractivity contribution in [2.75, 3.05) is 14.2 Å². The van der Waals surface area contributed by atoms with Gasteiger partial charge in [-0.3, -0.25) is 0 Å². The molecule has 6 nitrogen and oxygen atoms in total. The second kappa shape index (κ2) is 9.79. The van der Waals surface area contributed by atoms with Gasteiger partial charge in [0, 0.05) is 10.6 Å². The van der Waals surface area contributed by atoms with E-state index in [-0.39, 0.29) is 11.1 Å². The fourth-order valence-corrected chi connectivity index (χ4v) is 4.63. The number of allylic oxidation sites excluding steroid dienone is 2. The topological polar surface area (TPSA) is 94.8 Å². The zero-order valence-electron chi connectivity index (χ0n) is 18.4. The summed E-state index contributed by atoms with van der Waals surface area (Å²) in [6, 6.07) is 28.9. The third-order valence-corrected chi connectivity index (χ3v) is 6.41. The Labute approximate surface area is 201 Å². The number of nitriles is 3. The molecule has 2 aromatic carbocycles. The van der Waals surface area contributed by atoms with Crippen molar-refractivity contribution in [1.29, 1.82) is 15.8 Å². The Morgan fingerprint density at radius 2 is 1.29 bits per heavy atom. The lowest BCUT2D eigenvalue weighted by atomic mass is 10.1. The van der Waals surface area contributed by atoms with Crippen LogP contribution in [0.5, 0.6) is 11.5 Å². The molecule has 0 atom stereocenters. The lowest BCUT2D eigenvalue weighted by molar-refractivity contribution is 0.414. The first kappa shape index (κ1) is 22.4. The van der Waals surface area contributed by atoms with E-state index in [1.807, 2.05) is 84.9 Å². The van der Waals surface area contributed by atoms with Gasteiger partial charge in [-0.25, -0.2) is 0 Å². The summed E-state index contributed by atoms with van der Waals surface area (Å²) < 4.78 is 12.7. The van der Waals surface area contributed by atoms with Crippen LogP contribution in [0.3, 0.4) is 0 Å². The van der Waals surface area contributed by atoms with Gasteiger partial charge in [-0.05, 0) is 78.4 Å². The van der Waals surface area contributed by atoms with E-state index in [4.69, 9.17) is 9.47 Å². The predicted octanol–water partition coefficient (Wildman–Crippen LogP) is 6.21. The van der Waals surface area contributed by atoms with Gasteiger partial charge in [0.05, 0.1) is 36.1 Å². The molecule has 0 unspecified atom stereocenters. The summed E-state index contributed by atoms with van der Waals surface area (Å²) >= 11 is 1.36. The molecule has 2 heterocycles. The summed E-state index contributed by atoms with van der Waals surface area (Å²) in [5.41, 5.74) is 3.73. The fraction of sp³-hybridized carbons (Fsp3) is 0.0741. The highest BCUT2D eigenvalue weighted by Crippen LogP contribution is 2.38. The maximum Gasteiger partial charge on any atom is 0.148 e. The van der Waals surface area contributed by atoms with Gasteiger partial charge < -0.3 is 14.0 Å². The molecule has 4 aromatic rings. The Hall–Kier alpha value is -4.77. The van der Waals surface area contributed by atoms with Crippen LogP contribution in [-0.4, -0.2) is 18.8 Å². The highest BCUT2D eigenvalue weighted by atomic mass is 32.1. The molecular formula is C27H18N4O2S. The molecule has 4 rings (SSSR count). The van der Waals surface area contributed by atoms with Crippen LogP contribution >= 0.6 is 11.3 Å². The number of hydrogen-bond acceptors (Lipinski definition) is 6. The van der Waals surface area contributed by atoms with Crippen LogP contribution in [-0.2, 0) is 0 Å². The van der Waals surface area contributed by atoms with Gasteiger partial charge in [0.1, 0.15) is 35.3 Å². The summed E-state index contributed by atoms with van der Waals surface area (Å²) in [7, 11) is 3.26. The number of nitrogens with zero attached hydrogens (tertiary/aromatic N) is 4. The molecule has 0 aliphatic rings. The molecule has 0 aliphatic heterocycles. The quantitative estimate of drug-likeness (QED) is 0.317. The van der Waals surface area contributed by atoms with Gasteiger partial charge in [-0.15, -0.1) is 11.3 Å². The van der Waals surface area contributed by atoms with Crippen molar-refractivity contribution in [2.45, 2.75) is 0 Å². The van der Waals surface area contributed by atoms with Gasteiger partial charge in [0.25, 0.3) is 0 Å². The summed E-state index contributed by atoms with van der Waals surface area (Å²) in [5.74, 6) is 1.53. The molecule has 0 bridgehead atoms. The molecule has 0 amide bonds. The molecule has 0 N–H and O–H groups in total. The Balaban J connectivity index is 1.89. The van der Waals surface area contributed by atoms with E-state index in [2.05, 4.69) is 4.57 Å². The van der Waals surface area contributed by atoms with Crippen molar-refractivity contribution >= 4 is 16.9 Å². The number of rotatable bonds is 6. The first-order valence-electron chi connectivity index (χ1n) is 10.2. The zero-order valence-corrected chi connectivity index (χ0v) is 19.3. The Kier molecular flexibility index (Phi) is 6.46. The normalized spacial score (nSPS) is 9.97. The first-order valence-corrected chi connectivity index (χ1v) is 11.0.